The molecule has 0 aliphatic rings. The fourth-order valence-corrected chi connectivity index (χ4v) is 1.63. The standard InChI is InChI=1S/C12H8N4O4/c13-5-9-7-15(12(18)14-11(9)17)6-8-1-3-10(4-2-8)16(19)20/h1-4,7H,6H2,(H,14,17,18). The van der Waals surface area contributed by atoms with Gasteiger partial charge in [0.2, 0.25) is 0 Å². The molecule has 20 heavy (non-hydrogen) atoms. The van der Waals surface area contributed by atoms with E-state index in [2.05, 4.69) is 0 Å². The Morgan fingerprint density at radius 3 is 2.50 bits per heavy atom. The summed E-state index contributed by atoms with van der Waals surface area (Å²) in [5.41, 5.74) is -0.981. The molecule has 8 nitrogen and oxygen atoms in total. The summed E-state index contributed by atoms with van der Waals surface area (Å²) in [5.74, 6) is 0. The molecule has 2 aromatic rings. The van der Waals surface area contributed by atoms with Gasteiger partial charge in [-0.2, -0.15) is 5.26 Å². The van der Waals surface area contributed by atoms with E-state index in [-0.39, 0.29) is 17.8 Å². The summed E-state index contributed by atoms with van der Waals surface area (Å²) >= 11 is 0. The predicted molar refractivity (Wildman–Crippen MR) is 68.2 cm³/mol. The van der Waals surface area contributed by atoms with E-state index in [1.165, 1.54) is 24.3 Å². The van der Waals surface area contributed by atoms with Gasteiger partial charge >= 0.3 is 5.69 Å². The molecule has 0 radical (unpaired) electrons. The average molecular weight is 272 g/mol. The van der Waals surface area contributed by atoms with E-state index in [0.29, 0.717) is 5.56 Å². The Labute approximate surface area is 111 Å². The van der Waals surface area contributed by atoms with Crippen LogP contribution in [0.25, 0.3) is 0 Å². The lowest BCUT2D eigenvalue weighted by atomic mass is 10.2. The van der Waals surface area contributed by atoms with Crippen molar-refractivity contribution in [3.63, 3.8) is 0 Å². The van der Waals surface area contributed by atoms with Crippen LogP contribution in [-0.2, 0) is 6.54 Å². The van der Waals surface area contributed by atoms with E-state index in [4.69, 9.17) is 5.26 Å². The molecule has 0 amide bonds. The van der Waals surface area contributed by atoms with Gasteiger partial charge in [-0.05, 0) is 5.56 Å². The Balaban J connectivity index is 2.35. The highest BCUT2D eigenvalue weighted by molar-refractivity contribution is 5.33. The zero-order valence-corrected chi connectivity index (χ0v) is 10.1. The van der Waals surface area contributed by atoms with Crippen molar-refractivity contribution < 1.29 is 4.92 Å². The molecule has 0 saturated carbocycles. The number of hydrogen-bond donors (Lipinski definition) is 1. The molecule has 1 heterocycles. The van der Waals surface area contributed by atoms with Gasteiger partial charge in [-0.15, -0.1) is 0 Å². The summed E-state index contributed by atoms with van der Waals surface area (Å²) in [4.78, 5) is 34.8. The molecule has 0 atom stereocenters. The number of rotatable bonds is 3. The average Bonchev–Trinajstić information content (AvgIpc) is 2.42. The number of nitro groups is 1. The molecule has 0 aliphatic carbocycles. The normalized spacial score (nSPS) is 9.95. The molecular formula is C12H8N4O4. The molecular weight excluding hydrogens is 264 g/mol. The van der Waals surface area contributed by atoms with E-state index < -0.39 is 16.2 Å². The first-order chi connectivity index (χ1) is 9.51. The summed E-state index contributed by atoms with van der Waals surface area (Å²) in [7, 11) is 0. The molecule has 0 saturated heterocycles. The molecule has 0 bridgehead atoms. The second-order valence-corrected chi connectivity index (χ2v) is 3.97. The Kier molecular flexibility index (Phi) is 3.43. The van der Waals surface area contributed by atoms with Gasteiger partial charge in [0.25, 0.3) is 11.2 Å². The Hall–Kier alpha value is -3.21. The van der Waals surface area contributed by atoms with E-state index in [1.807, 2.05) is 4.98 Å². The number of hydrogen-bond acceptors (Lipinski definition) is 5. The molecule has 8 heteroatoms. The summed E-state index contributed by atoms with van der Waals surface area (Å²) in [6.45, 7) is 0.0995. The summed E-state index contributed by atoms with van der Waals surface area (Å²) in [5, 5.41) is 19.3. The van der Waals surface area contributed by atoms with Crippen molar-refractivity contribution in [2.75, 3.05) is 0 Å². The topological polar surface area (TPSA) is 122 Å². The van der Waals surface area contributed by atoms with Crippen molar-refractivity contribution in [1.29, 1.82) is 5.26 Å². The van der Waals surface area contributed by atoms with Crippen LogP contribution in [0.2, 0.25) is 0 Å². The van der Waals surface area contributed by atoms with E-state index in [9.17, 15) is 19.7 Å². The number of benzene rings is 1. The van der Waals surface area contributed by atoms with Crippen LogP contribution in [0.3, 0.4) is 0 Å². The van der Waals surface area contributed by atoms with Gasteiger partial charge < -0.3 is 0 Å². The Bertz CT molecular complexity index is 811. The number of non-ortho nitro benzene ring substituents is 1. The van der Waals surface area contributed by atoms with Gasteiger partial charge in [0.05, 0.1) is 11.5 Å². The summed E-state index contributed by atoms with van der Waals surface area (Å²) < 4.78 is 1.15. The molecule has 2 rings (SSSR count). The minimum Gasteiger partial charge on any atom is -0.295 e. The number of nitrogens with one attached hydrogen (secondary N) is 1. The largest absolute Gasteiger partial charge is 0.328 e. The van der Waals surface area contributed by atoms with Crippen LogP contribution in [0, 0.1) is 21.4 Å². The molecule has 1 aromatic carbocycles. The number of H-pyrrole nitrogens is 1. The zero-order valence-electron chi connectivity index (χ0n) is 10.1. The quantitative estimate of drug-likeness (QED) is 0.638. The highest BCUT2D eigenvalue weighted by Gasteiger charge is 2.07. The third-order valence-corrected chi connectivity index (χ3v) is 2.63. The van der Waals surface area contributed by atoms with Crippen LogP contribution in [0.5, 0.6) is 0 Å². The monoisotopic (exact) mass is 272 g/mol. The number of nitrogens with zero attached hydrogens (tertiary/aromatic N) is 3. The first kappa shape index (κ1) is 13.2. The fourth-order valence-electron chi connectivity index (χ4n) is 1.63. The highest BCUT2D eigenvalue weighted by atomic mass is 16.6. The molecule has 100 valence electrons. The maximum atomic E-state index is 11.6. The SMILES string of the molecule is N#Cc1cn(Cc2ccc([N+](=O)[O-])cc2)c(=O)[nH]c1=O. The predicted octanol–water partition coefficient (Wildman–Crippen LogP) is 0.365. The maximum absolute atomic E-state index is 11.6. The minimum absolute atomic E-state index is 0.0553. The van der Waals surface area contributed by atoms with Gasteiger partial charge in [-0.3, -0.25) is 24.5 Å². The van der Waals surface area contributed by atoms with Crippen LogP contribution in [0.1, 0.15) is 11.1 Å². The van der Waals surface area contributed by atoms with Crippen LogP contribution >= 0.6 is 0 Å². The summed E-state index contributed by atoms with van der Waals surface area (Å²) in [6, 6.07) is 7.32. The molecule has 0 aliphatic heterocycles. The van der Waals surface area contributed by atoms with Crippen molar-refractivity contribution in [1.82, 2.24) is 9.55 Å². The van der Waals surface area contributed by atoms with Gasteiger partial charge in [0.15, 0.2) is 0 Å². The van der Waals surface area contributed by atoms with Crippen molar-refractivity contribution in [3.05, 3.63) is 72.5 Å². The third-order valence-electron chi connectivity index (χ3n) is 2.63. The lowest BCUT2D eigenvalue weighted by molar-refractivity contribution is -0.384. The highest BCUT2D eigenvalue weighted by Crippen LogP contribution is 2.12. The van der Waals surface area contributed by atoms with Crippen molar-refractivity contribution in [3.8, 4) is 6.07 Å². The number of nitriles is 1. The molecule has 0 unspecified atom stereocenters. The van der Waals surface area contributed by atoms with Crippen LogP contribution in [-0.4, -0.2) is 14.5 Å². The first-order valence-electron chi connectivity index (χ1n) is 5.48. The van der Waals surface area contributed by atoms with E-state index in [1.54, 1.807) is 6.07 Å². The fraction of sp³-hybridized carbons (Fsp3) is 0.0833. The minimum atomic E-state index is -0.738. The second-order valence-electron chi connectivity index (χ2n) is 3.97. The second kappa shape index (κ2) is 5.19. The third kappa shape index (κ3) is 2.62. The lowest BCUT2D eigenvalue weighted by Gasteiger charge is -2.05. The smallest absolute Gasteiger partial charge is 0.295 e. The maximum Gasteiger partial charge on any atom is 0.328 e. The van der Waals surface area contributed by atoms with Crippen LogP contribution in [0.4, 0.5) is 5.69 Å². The molecule has 0 spiro atoms. The van der Waals surface area contributed by atoms with Gasteiger partial charge in [0, 0.05) is 18.3 Å². The number of aromatic nitrogens is 2. The Morgan fingerprint density at radius 2 is 1.95 bits per heavy atom. The van der Waals surface area contributed by atoms with Gasteiger partial charge in [-0.25, -0.2) is 4.79 Å². The van der Waals surface area contributed by atoms with E-state index in [0.717, 1.165) is 10.8 Å². The van der Waals surface area contributed by atoms with Gasteiger partial charge in [-0.1, -0.05) is 12.1 Å². The van der Waals surface area contributed by atoms with Crippen molar-refractivity contribution in [2.45, 2.75) is 6.54 Å². The Morgan fingerprint density at radius 1 is 1.30 bits per heavy atom. The van der Waals surface area contributed by atoms with E-state index >= 15 is 0 Å². The molecule has 1 aromatic heterocycles. The lowest BCUT2D eigenvalue weighted by Crippen LogP contribution is -2.31. The number of nitro benzene ring substituents is 1. The van der Waals surface area contributed by atoms with Crippen molar-refractivity contribution >= 4 is 5.69 Å². The zero-order chi connectivity index (χ0) is 14.7. The molecule has 0 fully saturated rings. The van der Waals surface area contributed by atoms with Crippen LogP contribution in [0.15, 0.2) is 40.1 Å². The van der Waals surface area contributed by atoms with Crippen LogP contribution < -0.4 is 11.2 Å². The van der Waals surface area contributed by atoms with Gasteiger partial charge in [0.1, 0.15) is 11.6 Å². The van der Waals surface area contributed by atoms with Crippen molar-refractivity contribution in [2.24, 2.45) is 0 Å². The summed E-state index contributed by atoms with van der Waals surface area (Å²) in [6.07, 6.45) is 1.16. The first-order valence-corrected chi connectivity index (χ1v) is 5.48. The number of aromatic amines is 1. The molecule has 1 N–H and O–H groups in total.